The predicted molar refractivity (Wildman–Crippen MR) is 151 cm³/mol. The van der Waals surface area contributed by atoms with Gasteiger partial charge < -0.3 is 30.1 Å². The molecule has 2 aromatic carbocycles. The van der Waals surface area contributed by atoms with Crippen LogP contribution in [0.25, 0.3) is 0 Å². The number of fused-ring (bicyclic) bond motifs is 1. The van der Waals surface area contributed by atoms with Gasteiger partial charge in [-0.05, 0) is 55.2 Å². The fourth-order valence-corrected chi connectivity index (χ4v) is 5.84. The molecule has 2 aromatic rings. The molecule has 3 unspecified atom stereocenters. The summed E-state index contributed by atoms with van der Waals surface area (Å²) in [5.41, 5.74) is 2.14. The summed E-state index contributed by atoms with van der Waals surface area (Å²) in [6.45, 7) is 7.26. The van der Waals surface area contributed by atoms with Crippen LogP contribution in [0.3, 0.4) is 0 Å². The lowest BCUT2D eigenvalue weighted by Crippen LogP contribution is -2.53. The number of rotatable bonds is 7. The maximum absolute atomic E-state index is 13.8. The zero-order chi connectivity index (χ0) is 28.2. The van der Waals surface area contributed by atoms with Crippen LogP contribution < -0.4 is 15.5 Å². The Hall–Kier alpha value is -3.92. The van der Waals surface area contributed by atoms with Crippen LogP contribution in [-0.4, -0.2) is 90.9 Å². The number of amides is 4. The highest BCUT2D eigenvalue weighted by Gasteiger charge is 2.52. The minimum atomic E-state index is -0.773. The van der Waals surface area contributed by atoms with E-state index in [1.54, 1.807) is 29.2 Å². The highest BCUT2D eigenvalue weighted by molar-refractivity contribution is 6.02. The van der Waals surface area contributed by atoms with Crippen molar-refractivity contribution in [3.05, 3.63) is 60.2 Å². The Labute approximate surface area is 234 Å². The van der Waals surface area contributed by atoms with Crippen molar-refractivity contribution in [1.29, 1.82) is 0 Å². The average Bonchev–Trinajstić information content (AvgIpc) is 3.54. The molecule has 0 radical (unpaired) electrons. The first-order valence-corrected chi connectivity index (χ1v) is 14.0. The van der Waals surface area contributed by atoms with Crippen LogP contribution >= 0.6 is 0 Å². The summed E-state index contributed by atoms with van der Waals surface area (Å²) in [5, 5.41) is 5.78. The third-order valence-corrected chi connectivity index (χ3v) is 7.81. The van der Waals surface area contributed by atoms with Gasteiger partial charge in [-0.25, -0.2) is 4.79 Å². The summed E-state index contributed by atoms with van der Waals surface area (Å²) in [6, 6.07) is 14.2. The van der Waals surface area contributed by atoms with Crippen molar-refractivity contribution in [3.63, 3.8) is 0 Å². The molecule has 212 valence electrons. The second-order valence-electron chi connectivity index (χ2n) is 11.0. The van der Waals surface area contributed by atoms with Crippen LogP contribution in [0.2, 0.25) is 0 Å². The molecule has 40 heavy (non-hydrogen) atoms. The van der Waals surface area contributed by atoms with Gasteiger partial charge in [0.05, 0.1) is 25.8 Å². The van der Waals surface area contributed by atoms with Crippen LogP contribution in [0.5, 0.6) is 0 Å². The van der Waals surface area contributed by atoms with Crippen LogP contribution in [0, 0.1) is 5.92 Å². The Morgan fingerprint density at radius 1 is 0.950 bits per heavy atom. The number of likely N-dealkylation sites (tertiary alicyclic amines) is 2. The van der Waals surface area contributed by atoms with Crippen LogP contribution in [0.4, 0.5) is 16.2 Å². The molecule has 2 N–H and O–H groups in total. The molecule has 0 bridgehead atoms. The van der Waals surface area contributed by atoms with E-state index in [1.807, 2.05) is 44.2 Å². The summed E-state index contributed by atoms with van der Waals surface area (Å²) >= 11 is 0. The van der Waals surface area contributed by atoms with Crippen molar-refractivity contribution in [2.75, 3.05) is 49.6 Å². The summed E-state index contributed by atoms with van der Waals surface area (Å²) in [5.74, 6) is -0.626. The van der Waals surface area contributed by atoms with Gasteiger partial charge in [0, 0.05) is 36.6 Å². The quantitative estimate of drug-likeness (QED) is 0.552. The molecule has 0 saturated carbocycles. The second kappa shape index (κ2) is 12.1. The number of ketones is 1. The van der Waals surface area contributed by atoms with E-state index >= 15 is 0 Å². The molecule has 10 heteroatoms. The van der Waals surface area contributed by atoms with Gasteiger partial charge in [-0.1, -0.05) is 32.0 Å². The minimum Gasteiger partial charge on any atom is -0.378 e. The van der Waals surface area contributed by atoms with Crippen molar-refractivity contribution >= 4 is 35.0 Å². The molecule has 3 heterocycles. The van der Waals surface area contributed by atoms with E-state index in [4.69, 9.17) is 4.74 Å². The molecule has 0 aliphatic carbocycles. The highest BCUT2D eigenvalue weighted by Crippen LogP contribution is 2.31. The molecule has 3 aliphatic heterocycles. The van der Waals surface area contributed by atoms with Gasteiger partial charge in [-0.2, -0.15) is 0 Å². The predicted octanol–water partition coefficient (Wildman–Crippen LogP) is 2.75. The Morgan fingerprint density at radius 3 is 2.33 bits per heavy atom. The van der Waals surface area contributed by atoms with Crippen molar-refractivity contribution in [2.45, 2.75) is 44.8 Å². The normalized spacial score (nSPS) is 21.4. The number of carbonyl (C=O) groups excluding carboxylic acids is 4. The number of hydrogen-bond acceptors (Lipinski definition) is 6. The Bertz CT molecular complexity index is 1230. The maximum Gasteiger partial charge on any atom is 0.322 e. The second-order valence-corrected chi connectivity index (χ2v) is 11.0. The van der Waals surface area contributed by atoms with Crippen molar-refractivity contribution < 1.29 is 23.9 Å². The first-order valence-electron chi connectivity index (χ1n) is 14.0. The average molecular weight is 548 g/mol. The summed E-state index contributed by atoms with van der Waals surface area (Å²) in [7, 11) is 0. The molecular weight excluding hydrogens is 510 g/mol. The molecular formula is C30H37N5O5. The number of morpholine rings is 1. The topological polar surface area (TPSA) is 111 Å². The molecule has 3 saturated heterocycles. The monoisotopic (exact) mass is 547 g/mol. The van der Waals surface area contributed by atoms with Crippen LogP contribution in [-0.2, 0) is 14.3 Å². The van der Waals surface area contributed by atoms with E-state index in [9.17, 15) is 19.2 Å². The van der Waals surface area contributed by atoms with Crippen LogP contribution in [0.15, 0.2) is 54.6 Å². The van der Waals surface area contributed by atoms with Crippen molar-refractivity contribution in [3.8, 4) is 0 Å². The third kappa shape index (κ3) is 5.96. The first-order chi connectivity index (χ1) is 19.3. The van der Waals surface area contributed by atoms with Crippen molar-refractivity contribution in [2.24, 2.45) is 5.92 Å². The molecule has 3 fully saturated rings. The third-order valence-electron chi connectivity index (χ3n) is 7.81. The van der Waals surface area contributed by atoms with E-state index in [2.05, 4.69) is 15.5 Å². The van der Waals surface area contributed by atoms with E-state index in [1.165, 1.54) is 4.90 Å². The Kier molecular flexibility index (Phi) is 8.35. The number of urea groups is 1. The zero-order valence-electron chi connectivity index (χ0n) is 23.0. The summed E-state index contributed by atoms with van der Waals surface area (Å²) in [4.78, 5) is 58.4. The lowest BCUT2D eigenvalue weighted by Gasteiger charge is -2.29. The van der Waals surface area contributed by atoms with E-state index in [0.717, 1.165) is 18.8 Å². The summed E-state index contributed by atoms with van der Waals surface area (Å²) in [6.07, 6.45) is 0.951. The molecule has 3 atom stereocenters. The molecule has 5 rings (SSSR count). The van der Waals surface area contributed by atoms with Crippen molar-refractivity contribution in [1.82, 2.24) is 15.1 Å². The number of benzene rings is 2. The van der Waals surface area contributed by atoms with E-state index in [-0.39, 0.29) is 42.1 Å². The lowest BCUT2D eigenvalue weighted by molar-refractivity contribution is -0.138. The van der Waals surface area contributed by atoms with Crippen LogP contribution in [0.1, 0.15) is 37.0 Å². The van der Waals surface area contributed by atoms with Gasteiger partial charge in [0.15, 0.2) is 5.78 Å². The number of ether oxygens (including phenoxy) is 1. The van der Waals surface area contributed by atoms with Gasteiger partial charge in [0.2, 0.25) is 5.91 Å². The molecule has 0 aromatic heterocycles. The van der Waals surface area contributed by atoms with Gasteiger partial charge in [-0.15, -0.1) is 0 Å². The largest absolute Gasteiger partial charge is 0.378 e. The number of nitrogens with zero attached hydrogens (tertiary/aromatic N) is 3. The number of anilines is 2. The van der Waals surface area contributed by atoms with E-state index < -0.39 is 12.1 Å². The first kappa shape index (κ1) is 27.6. The standard InChI is InChI=1S/C30H37N5O5/c1-20(2)18-24(32-28(37)21-8-10-23(11-9-21)33-14-16-40-17-15-33)29(38)34-13-12-25-27(34)26(36)19-35(25)30(39)31-22-6-4-3-5-7-22/h3-11,20,24-25,27H,12-19H2,1-2H3,(H,31,39)(H,32,37). The minimum absolute atomic E-state index is 0.0471. The summed E-state index contributed by atoms with van der Waals surface area (Å²) < 4.78 is 5.41. The fourth-order valence-electron chi connectivity index (χ4n) is 5.84. The van der Waals surface area contributed by atoms with Gasteiger partial charge in [0.25, 0.3) is 5.91 Å². The fraction of sp³-hybridized carbons (Fsp3) is 0.467. The number of para-hydroxylation sites is 1. The van der Waals surface area contributed by atoms with Gasteiger partial charge >= 0.3 is 6.03 Å². The molecule has 3 aliphatic rings. The van der Waals surface area contributed by atoms with Gasteiger partial charge in [-0.3, -0.25) is 14.4 Å². The SMILES string of the molecule is CC(C)CC(NC(=O)c1ccc(N2CCOCC2)cc1)C(=O)N1CCC2C1C(=O)CN2C(=O)Nc1ccccc1. The number of hydrogen-bond donors (Lipinski definition) is 2. The Balaban J connectivity index is 1.25. The lowest BCUT2D eigenvalue weighted by atomic mass is 10.0. The maximum atomic E-state index is 13.8. The number of nitrogens with one attached hydrogen (secondary N) is 2. The smallest absolute Gasteiger partial charge is 0.322 e. The highest BCUT2D eigenvalue weighted by atomic mass is 16.5. The molecule has 0 spiro atoms. The van der Waals surface area contributed by atoms with Gasteiger partial charge in [0.1, 0.15) is 12.1 Å². The number of Topliss-reactive ketones (excluding diaryl/α,β-unsaturated/α-hetero) is 1. The van der Waals surface area contributed by atoms with E-state index in [0.29, 0.717) is 43.9 Å². The Morgan fingerprint density at radius 2 is 1.65 bits per heavy atom. The molecule has 4 amide bonds. The molecule has 10 nitrogen and oxygen atoms in total. The number of carbonyl (C=O) groups is 4. The zero-order valence-corrected chi connectivity index (χ0v) is 23.0.